The molecule has 7 nitrogen and oxygen atoms in total. The number of aromatic nitrogens is 3. The monoisotopic (exact) mass is 258 g/mol. The molecule has 96 valence electrons. The number of pyridine rings is 1. The van der Waals surface area contributed by atoms with E-state index in [1.807, 2.05) is 0 Å². The Morgan fingerprint density at radius 1 is 1.42 bits per heavy atom. The lowest BCUT2D eigenvalue weighted by molar-refractivity contribution is -0.385. The van der Waals surface area contributed by atoms with Gasteiger partial charge in [-0.25, -0.2) is 0 Å². The smallest absolute Gasteiger partial charge is 0.287 e. The fraction of sp³-hybridized carbons (Fsp3) is 0.0833. The van der Waals surface area contributed by atoms with Gasteiger partial charge < -0.3 is 0 Å². The minimum Gasteiger partial charge on any atom is -0.287 e. The molecule has 2 aromatic rings. The molecule has 0 unspecified atom stereocenters. The second-order valence-electron chi connectivity index (χ2n) is 3.77. The Hall–Kier alpha value is -2.83. The summed E-state index contributed by atoms with van der Waals surface area (Å²) in [5, 5.41) is 14.6. The third-order valence-electron chi connectivity index (χ3n) is 2.37. The first kappa shape index (κ1) is 12.6. The lowest BCUT2D eigenvalue weighted by Crippen LogP contribution is -2.01. The van der Waals surface area contributed by atoms with Crippen LogP contribution in [0.4, 0.5) is 5.69 Å². The fourth-order valence-corrected chi connectivity index (χ4v) is 1.51. The van der Waals surface area contributed by atoms with Crippen LogP contribution in [0.25, 0.3) is 6.08 Å². The Kier molecular flexibility index (Phi) is 3.46. The molecule has 0 aliphatic carbocycles. The van der Waals surface area contributed by atoms with Crippen molar-refractivity contribution in [2.75, 3.05) is 0 Å². The van der Waals surface area contributed by atoms with Crippen molar-refractivity contribution in [1.82, 2.24) is 14.8 Å². The van der Waals surface area contributed by atoms with E-state index in [4.69, 9.17) is 0 Å². The highest BCUT2D eigenvalue weighted by Crippen LogP contribution is 2.17. The van der Waals surface area contributed by atoms with E-state index < -0.39 is 10.7 Å². The molecular weight excluding hydrogens is 248 g/mol. The Balaban J connectivity index is 2.26. The molecule has 0 N–H and O–H groups in total. The lowest BCUT2D eigenvalue weighted by atomic mass is 10.2. The zero-order valence-corrected chi connectivity index (χ0v) is 10.1. The number of nitro groups is 1. The van der Waals surface area contributed by atoms with Gasteiger partial charge in [-0.3, -0.25) is 24.6 Å². The molecule has 7 heteroatoms. The van der Waals surface area contributed by atoms with Crippen molar-refractivity contribution in [2.45, 2.75) is 0 Å². The molecule has 0 radical (unpaired) electrons. The standard InChI is InChI=1S/C12H10N4O3/c1-15-8-10(16(18)19)12(14-15)11(17)3-2-9-4-6-13-7-5-9/h2-8H,1H3/b3-2+. The van der Waals surface area contributed by atoms with E-state index in [2.05, 4.69) is 10.1 Å². The maximum absolute atomic E-state index is 11.9. The van der Waals surface area contributed by atoms with Gasteiger partial charge in [0.15, 0.2) is 0 Å². The first-order valence-electron chi connectivity index (χ1n) is 5.38. The molecule has 0 aromatic carbocycles. The Morgan fingerprint density at radius 2 is 2.11 bits per heavy atom. The number of nitrogens with zero attached hydrogens (tertiary/aromatic N) is 4. The van der Waals surface area contributed by atoms with Crippen molar-refractivity contribution < 1.29 is 9.72 Å². The highest BCUT2D eigenvalue weighted by molar-refractivity contribution is 6.07. The summed E-state index contributed by atoms with van der Waals surface area (Å²) in [6.45, 7) is 0. The number of carbonyl (C=O) groups excluding carboxylic acids is 1. The third kappa shape index (κ3) is 2.89. The molecule has 0 bridgehead atoms. The number of ketones is 1. The molecule has 0 saturated heterocycles. The van der Waals surface area contributed by atoms with Crippen LogP contribution in [0, 0.1) is 10.1 Å². The molecule has 0 fully saturated rings. The average Bonchev–Trinajstić information content (AvgIpc) is 2.79. The van der Waals surface area contributed by atoms with Crippen molar-refractivity contribution in [3.8, 4) is 0 Å². The van der Waals surface area contributed by atoms with E-state index in [0.717, 1.165) is 5.56 Å². The highest BCUT2D eigenvalue weighted by Gasteiger charge is 2.22. The van der Waals surface area contributed by atoms with Crippen LogP contribution in [-0.4, -0.2) is 25.5 Å². The van der Waals surface area contributed by atoms with Gasteiger partial charge in [-0.15, -0.1) is 0 Å². The van der Waals surface area contributed by atoms with Crippen LogP contribution in [0.2, 0.25) is 0 Å². The molecule has 0 atom stereocenters. The van der Waals surface area contributed by atoms with Crippen LogP contribution < -0.4 is 0 Å². The van der Waals surface area contributed by atoms with Crippen LogP contribution in [0.3, 0.4) is 0 Å². The lowest BCUT2D eigenvalue weighted by Gasteiger charge is -1.91. The van der Waals surface area contributed by atoms with Gasteiger partial charge >= 0.3 is 5.69 Å². The molecular formula is C12H10N4O3. The average molecular weight is 258 g/mol. The molecule has 0 spiro atoms. The predicted molar refractivity (Wildman–Crippen MR) is 67.5 cm³/mol. The van der Waals surface area contributed by atoms with Crippen LogP contribution in [0.1, 0.15) is 16.1 Å². The van der Waals surface area contributed by atoms with E-state index in [0.29, 0.717) is 0 Å². The number of hydrogen-bond donors (Lipinski definition) is 0. The van der Waals surface area contributed by atoms with E-state index >= 15 is 0 Å². The molecule has 0 amide bonds. The zero-order chi connectivity index (χ0) is 13.8. The SMILES string of the molecule is Cn1cc([N+](=O)[O-])c(C(=O)/C=C/c2ccncc2)n1. The summed E-state index contributed by atoms with van der Waals surface area (Å²) in [5.41, 5.74) is 0.312. The summed E-state index contributed by atoms with van der Waals surface area (Å²) in [7, 11) is 1.52. The number of rotatable bonds is 4. The van der Waals surface area contributed by atoms with E-state index in [1.54, 1.807) is 30.6 Å². The summed E-state index contributed by atoms with van der Waals surface area (Å²) in [5.74, 6) is -0.510. The van der Waals surface area contributed by atoms with Gasteiger partial charge in [-0.05, 0) is 23.8 Å². The van der Waals surface area contributed by atoms with Crippen molar-refractivity contribution in [3.63, 3.8) is 0 Å². The summed E-state index contributed by atoms with van der Waals surface area (Å²) in [4.78, 5) is 25.9. The highest BCUT2D eigenvalue weighted by atomic mass is 16.6. The molecule has 2 aromatic heterocycles. The van der Waals surface area contributed by atoms with Crippen molar-refractivity contribution in [3.05, 3.63) is 58.2 Å². The normalized spacial score (nSPS) is 10.8. The van der Waals surface area contributed by atoms with Crippen LogP contribution >= 0.6 is 0 Å². The van der Waals surface area contributed by atoms with Gasteiger partial charge in [0.1, 0.15) is 6.20 Å². The molecule has 2 rings (SSSR count). The maximum Gasteiger partial charge on any atom is 0.318 e. The zero-order valence-electron chi connectivity index (χ0n) is 10.1. The number of carbonyl (C=O) groups is 1. The van der Waals surface area contributed by atoms with Gasteiger partial charge in [0, 0.05) is 19.4 Å². The molecule has 0 aliphatic rings. The first-order chi connectivity index (χ1) is 9.08. The minimum absolute atomic E-state index is 0.169. The summed E-state index contributed by atoms with van der Waals surface area (Å²) < 4.78 is 1.24. The molecule has 2 heterocycles. The van der Waals surface area contributed by atoms with Crippen molar-refractivity contribution in [1.29, 1.82) is 0 Å². The molecule has 19 heavy (non-hydrogen) atoms. The summed E-state index contributed by atoms with van der Waals surface area (Å²) >= 11 is 0. The van der Waals surface area contributed by atoms with Crippen LogP contribution in [0.15, 0.2) is 36.8 Å². The summed E-state index contributed by atoms with van der Waals surface area (Å²) in [6.07, 6.45) is 7.20. The summed E-state index contributed by atoms with van der Waals surface area (Å²) in [6, 6.07) is 3.44. The largest absolute Gasteiger partial charge is 0.318 e. The van der Waals surface area contributed by atoms with Gasteiger partial charge in [0.2, 0.25) is 11.5 Å². The van der Waals surface area contributed by atoms with Crippen LogP contribution in [0.5, 0.6) is 0 Å². The number of hydrogen-bond acceptors (Lipinski definition) is 5. The topological polar surface area (TPSA) is 90.9 Å². The Morgan fingerprint density at radius 3 is 2.74 bits per heavy atom. The van der Waals surface area contributed by atoms with Gasteiger partial charge in [0.05, 0.1) is 4.92 Å². The van der Waals surface area contributed by atoms with Crippen molar-refractivity contribution >= 4 is 17.5 Å². The number of aryl methyl sites for hydroxylation is 1. The molecule has 0 aliphatic heterocycles. The quantitative estimate of drug-likeness (QED) is 0.359. The second-order valence-corrected chi connectivity index (χ2v) is 3.77. The van der Waals surface area contributed by atoms with E-state index in [-0.39, 0.29) is 11.4 Å². The Labute approximate surface area is 108 Å². The van der Waals surface area contributed by atoms with Gasteiger partial charge in [-0.1, -0.05) is 6.08 Å². The predicted octanol–water partition coefficient (Wildman–Crippen LogP) is 1.62. The fourth-order valence-electron chi connectivity index (χ4n) is 1.51. The maximum atomic E-state index is 11.9. The molecule has 0 saturated carbocycles. The van der Waals surface area contributed by atoms with Crippen LogP contribution in [-0.2, 0) is 7.05 Å². The van der Waals surface area contributed by atoms with Crippen molar-refractivity contribution in [2.24, 2.45) is 7.05 Å². The number of allylic oxidation sites excluding steroid dienone is 1. The van der Waals surface area contributed by atoms with E-state index in [1.165, 1.54) is 24.0 Å². The first-order valence-corrected chi connectivity index (χ1v) is 5.38. The Bertz CT molecular complexity index is 646. The van der Waals surface area contributed by atoms with Gasteiger partial charge in [-0.2, -0.15) is 5.10 Å². The van der Waals surface area contributed by atoms with Gasteiger partial charge in [0.25, 0.3) is 0 Å². The third-order valence-corrected chi connectivity index (χ3v) is 2.37. The minimum atomic E-state index is -0.624. The van der Waals surface area contributed by atoms with E-state index in [9.17, 15) is 14.9 Å². The second kappa shape index (κ2) is 5.21.